The molecule has 2 N–H and O–H groups in total. The molecule has 8 heteroatoms. The number of anilines is 1. The zero-order chi connectivity index (χ0) is 18.4. The average molecular weight is 383 g/mol. The van der Waals surface area contributed by atoms with Crippen LogP contribution in [0.25, 0.3) is 0 Å². The molecule has 6 nitrogen and oxygen atoms in total. The van der Waals surface area contributed by atoms with Crippen molar-refractivity contribution in [1.29, 1.82) is 0 Å². The Morgan fingerprint density at radius 1 is 1.16 bits per heavy atom. The highest BCUT2D eigenvalue weighted by atomic mass is 35.5. The first kappa shape index (κ1) is 19.1. The van der Waals surface area contributed by atoms with Crippen molar-refractivity contribution in [2.24, 2.45) is 0 Å². The molecule has 1 amide bonds. The Bertz CT molecular complexity index is 851. The van der Waals surface area contributed by atoms with Crippen LogP contribution in [0.4, 0.5) is 5.69 Å². The van der Waals surface area contributed by atoms with E-state index in [1.165, 1.54) is 0 Å². The molecule has 2 aromatic rings. The van der Waals surface area contributed by atoms with E-state index in [-0.39, 0.29) is 5.91 Å². The van der Waals surface area contributed by atoms with Gasteiger partial charge < -0.3 is 10.1 Å². The first-order chi connectivity index (χ1) is 11.7. The SMILES string of the molecule is Cc1cc(C(=O)NCCOc2ccc(Cl)cc2)ccc1NS(C)(=O)=O. The summed E-state index contributed by atoms with van der Waals surface area (Å²) in [5.41, 5.74) is 1.56. The fourth-order valence-corrected chi connectivity index (χ4v) is 2.84. The van der Waals surface area contributed by atoms with Crippen LogP contribution in [-0.4, -0.2) is 33.7 Å². The van der Waals surface area contributed by atoms with Gasteiger partial charge in [-0.3, -0.25) is 9.52 Å². The predicted octanol–water partition coefficient (Wildman–Crippen LogP) is 2.83. The Labute approximate surface area is 152 Å². The molecule has 0 aliphatic rings. The molecule has 0 aliphatic heterocycles. The predicted molar refractivity (Wildman–Crippen MR) is 98.9 cm³/mol. The van der Waals surface area contributed by atoms with Crippen LogP contribution < -0.4 is 14.8 Å². The van der Waals surface area contributed by atoms with Crippen LogP contribution in [-0.2, 0) is 10.0 Å². The highest BCUT2D eigenvalue weighted by molar-refractivity contribution is 7.92. The number of benzene rings is 2. The summed E-state index contributed by atoms with van der Waals surface area (Å²) in [6.45, 7) is 2.39. The minimum Gasteiger partial charge on any atom is -0.492 e. The van der Waals surface area contributed by atoms with Crippen LogP contribution >= 0.6 is 11.6 Å². The largest absolute Gasteiger partial charge is 0.492 e. The van der Waals surface area contributed by atoms with Gasteiger partial charge in [0.1, 0.15) is 12.4 Å². The van der Waals surface area contributed by atoms with E-state index in [1.54, 1.807) is 49.4 Å². The van der Waals surface area contributed by atoms with E-state index in [2.05, 4.69) is 10.0 Å². The molecule has 0 saturated carbocycles. The second kappa shape index (κ2) is 8.22. The van der Waals surface area contributed by atoms with Crippen molar-refractivity contribution in [2.45, 2.75) is 6.92 Å². The molecular formula is C17H19ClN2O4S. The summed E-state index contributed by atoms with van der Waals surface area (Å²) in [6, 6.07) is 11.7. The molecule has 2 rings (SSSR count). The van der Waals surface area contributed by atoms with Crippen molar-refractivity contribution in [1.82, 2.24) is 5.32 Å². The zero-order valence-corrected chi connectivity index (χ0v) is 15.4. The Kier molecular flexibility index (Phi) is 6.27. The highest BCUT2D eigenvalue weighted by Crippen LogP contribution is 2.18. The van der Waals surface area contributed by atoms with Crippen LogP contribution in [0.5, 0.6) is 5.75 Å². The van der Waals surface area contributed by atoms with E-state index in [9.17, 15) is 13.2 Å². The molecule has 0 unspecified atom stereocenters. The van der Waals surface area contributed by atoms with Gasteiger partial charge >= 0.3 is 0 Å². The molecule has 0 spiro atoms. The normalized spacial score (nSPS) is 11.0. The number of carbonyl (C=O) groups is 1. The maximum atomic E-state index is 12.1. The van der Waals surface area contributed by atoms with Gasteiger partial charge in [-0.05, 0) is 55.0 Å². The summed E-state index contributed by atoms with van der Waals surface area (Å²) in [7, 11) is -3.35. The standard InChI is InChI=1S/C17H19ClN2O4S/c1-12-11-13(3-8-16(12)20-25(2,22)23)17(21)19-9-10-24-15-6-4-14(18)5-7-15/h3-8,11,20H,9-10H2,1-2H3,(H,19,21). The number of aryl methyl sites for hydroxylation is 1. The van der Waals surface area contributed by atoms with E-state index >= 15 is 0 Å². The van der Waals surface area contributed by atoms with Gasteiger partial charge in [-0.1, -0.05) is 11.6 Å². The minimum atomic E-state index is -3.35. The molecule has 25 heavy (non-hydrogen) atoms. The van der Waals surface area contributed by atoms with Crippen molar-refractivity contribution in [2.75, 3.05) is 24.1 Å². The molecular weight excluding hydrogens is 364 g/mol. The number of rotatable bonds is 7. The molecule has 0 radical (unpaired) electrons. The highest BCUT2D eigenvalue weighted by Gasteiger charge is 2.09. The average Bonchev–Trinajstić information content (AvgIpc) is 2.53. The summed E-state index contributed by atoms with van der Waals surface area (Å²) in [5, 5.41) is 3.38. The summed E-state index contributed by atoms with van der Waals surface area (Å²) >= 11 is 5.79. The number of carbonyl (C=O) groups excluding carboxylic acids is 1. The zero-order valence-electron chi connectivity index (χ0n) is 13.9. The smallest absolute Gasteiger partial charge is 0.251 e. The Morgan fingerprint density at radius 3 is 2.44 bits per heavy atom. The van der Waals surface area contributed by atoms with Crippen molar-refractivity contribution in [3.8, 4) is 5.75 Å². The second-order valence-electron chi connectivity index (χ2n) is 5.46. The lowest BCUT2D eigenvalue weighted by Gasteiger charge is -2.11. The summed E-state index contributed by atoms with van der Waals surface area (Å²) in [5.74, 6) is 0.416. The fourth-order valence-electron chi connectivity index (χ4n) is 2.09. The Morgan fingerprint density at radius 2 is 1.84 bits per heavy atom. The van der Waals surface area contributed by atoms with Crippen LogP contribution in [0.15, 0.2) is 42.5 Å². The first-order valence-electron chi connectivity index (χ1n) is 7.49. The summed E-state index contributed by atoms with van der Waals surface area (Å²) in [4.78, 5) is 12.1. The number of nitrogens with one attached hydrogen (secondary N) is 2. The summed E-state index contributed by atoms with van der Waals surface area (Å²) < 4.78 is 30.4. The molecule has 0 bridgehead atoms. The van der Waals surface area contributed by atoms with E-state index in [0.717, 1.165) is 6.26 Å². The van der Waals surface area contributed by atoms with Crippen LogP contribution in [0.1, 0.15) is 15.9 Å². The minimum absolute atomic E-state index is 0.256. The monoisotopic (exact) mass is 382 g/mol. The van der Waals surface area contributed by atoms with E-state index in [1.807, 2.05) is 0 Å². The van der Waals surface area contributed by atoms with Crippen molar-refractivity contribution < 1.29 is 17.9 Å². The van der Waals surface area contributed by atoms with Gasteiger partial charge in [0.2, 0.25) is 10.0 Å². The third-order valence-electron chi connectivity index (χ3n) is 3.25. The van der Waals surface area contributed by atoms with E-state index in [0.29, 0.717) is 40.7 Å². The van der Waals surface area contributed by atoms with Crippen LogP contribution in [0, 0.1) is 6.92 Å². The van der Waals surface area contributed by atoms with Crippen molar-refractivity contribution in [3.63, 3.8) is 0 Å². The fraction of sp³-hybridized carbons (Fsp3) is 0.235. The van der Waals surface area contributed by atoms with Crippen LogP contribution in [0.2, 0.25) is 5.02 Å². The number of hydrogen-bond acceptors (Lipinski definition) is 4. The third kappa shape index (κ3) is 6.28. The van der Waals surface area contributed by atoms with E-state index in [4.69, 9.17) is 16.3 Å². The van der Waals surface area contributed by atoms with Gasteiger partial charge in [0.25, 0.3) is 5.91 Å². The number of amides is 1. The lowest BCUT2D eigenvalue weighted by Crippen LogP contribution is -2.28. The van der Waals surface area contributed by atoms with Gasteiger partial charge in [-0.2, -0.15) is 0 Å². The third-order valence-corrected chi connectivity index (χ3v) is 4.10. The molecule has 2 aromatic carbocycles. The quantitative estimate of drug-likeness (QED) is 0.721. The number of sulfonamides is 1. The van der Waals surface area contributed by atoms with Crippen molar-refractivity contribution >= 4 is 33.2 Å². The molecule has 134 valence electrons. The number of hydrogen-bond donors (Lipinski definition) is 2. The molecule has 0 aromatic heterocycles. The topological polar surface area (TPSA) is 84.5 Å². The number of ether oxygens (including phenoxy) is 1. The lowest BCUT2D eigenvalue weighted by atomic mass is 10.1. The van der Waals surface area contributed by atoms with Crippen LogP contribution in [0.3, 0.4) is 0 Å². The van der Waals surface area contributed by atoms with Gasteiger partial charge in [-0.15, -0.1) is 0 Å². The van der Waals surface area contributed by atoms with Crippen molar-refractivity contribution in [3.05, 3.63) is 58.6 Å². The van der Waals surface area contributed by atoms with Gasteiger partial charge in [0.15, 0.2) is 0 Å². The van der Waals surface area contributed by atoms with Gasteiger partial charge in [-0.25, -0.2) is 8.42 Å². The molecule has 0 aliphatic carbocycles. The lowest BCUT2D eigenvalue weighted by molar-refractivity contribution is 0.0947. The summed E-state index contributed by atoms with van der Waals surface area (Å²) in [6.07, 6.45) is 1.08. The first-order valence-corrected chi connectivity index (χ1v) is 9.76. The maximum absolute atomic E-state index is 12.1. The molecule has 0 heterocycles. The number of halogens is 1. The Balaban J connectivity index is 1.86. The Hall–Kier alpha value is -2.25. The van der Waals surface area contributed by atoms with Gasteiger partial charge in [0.05, 0.1) is 18.5 Å². The maximum Gasteiger partial charge on any atom is 0.251 e. The molecule has 0 saturated heterocycles. The van der Waals surface area contributed by atoms with E-state index < -0.39 is 10.0 Å². The van der Waals surface area contributed by atoms with Gasteiger partial charge in [0, 0.05) is 10.6 Å². The molecule has 0 atom stereocenters. The molecule has 0 fully saturated rings. The second-order valence-corrected chi connectivity index (χ2v) is 7.65.